The summed E-state index contributed by atoms with van der Waals surface area (Å²) in [6.07, 6.45) is 17.6. The fraction of sp³-hybridized carbons (Fsp3) is 0.882. The number of nitrogens with two attached hydrogens (primary N) is 2. The molecule has 0 heterocycles. The van der Waals surface area contributed by atoms with E-state index in [9.17, 15) is 0 Å². The number of hydrogen-bond acceptors (Lipinski definition) is 3. The van der Waals surface area contributed by atoms with E-state index in [0.29, 0.717) is 0 Å². The first-order valence-electron chi connectivity index (χ1n) is 8.66. The van der Waals surface area contributed by atoms with Crippen LogP contribution in [0.15, 0.2) is 12.3 Å². The van der Waals surface area contributed by atoms with Gasteiger partial charge in [0.15, 0.2) is 0 Å². The Morgan fingerprint density at radius 2 is 1.30 bits per heavy atom. The predicted octanol–water partition coefficient (Wildman–Crippen LogP) is 3.64. The normalized spacial score (nSPS) is 11.3. The molecule has 0 aliphatic rings. The van der Waals surface area contributed by atoms with Gasteiger partial charge >= 0.3 is 0 Å². The van der Waals surface area contributed by atoms with Crippen LogP contribution in [-0.2, 0) is 0 Å². The summed E-state index contributed by atoms with van der Waals surface area (Å²) in [7, 11) is 0. The zero-order valence-electron chi connectivity index (χ0n) is 13.7. The zero-order chi connectivity index (χ0) is 14.9. The highest BCUT2D eigenvalue weighted by molar-refractivity contribution is 4.82. The van der Waals surface area contributed by atoms with Gasteiger partial charge in [0.05, 0.1) is 0 Å². The second kappa shape index (κ2) is 16.5. The van der Waals surface area contributed by atoms with Crippen molar-refractivity contribution in [3.8, 4) is 0 Å². The lowest BCUT2D eigenvalue weighted by molar-refractivity contribution is 0.366. The molecule has 0 aliphatic heterocycles. The quantitative estimate of drug-likeness (QED) is 0.451. The summed E-state index contributed by atoms with van der Waals surface area (Å²) in [5.41, 5.74) is 11.1. The Labute approximate surface area is 126 Å². The largest absolute Gasteiger partial charge is 0.378 e. The molecule has 0 fully saturated rings. The lowest BCUT2D eigenvalue weighted by Crippen LogP contribution is -2.23. The highest BCUT2D eigenvalue weighted by Crippen LogP contribution is 2.08. The van der Waals surface area contributed by atoms with Crippen molar-refractivity contribution in [3.63, 3.8) is 0 Å². The van der Waals surface area contributed by atoms with Gasteiger partial charge < -0.3 is 16.4 Å². The smallest absolute Gasteiger partial charge is 0.0184 e. The van der Waals surface area contributed by atoms with E-state index in [1.165, 1.54) is 51.4 Å². The van der Waals surface area contributed by atoms with E-state index in [0.717, 1.165) is 39.0 Å². The highest BCUT2D eigenvalue weighted by Gasteiger charge is 1.97. The lowest BCUT2D eigenvalue weighted by atomic mass is 10.1. The molecule has 0 atom stereocenters. The number of hydrogen-bond donors (Lipinski definition) is 2. The van der Waals surface area contributed by atoms with Gasteiger partial charge in [-0.05, 0) is 45.0 Å². The van der Waals surface area contributed by atoms with Crippen LogP contribution in [0.5, 0.6) is 0 Å². The Kier molecular flexibility index (Phi) is 16.1. The molecule has 0 aromatic carbocycles. The minimum Gasteiger partial charge on any atom is -0.378 e. The maximum Gasteiger partial charge on any atom is 0.0184 e. The van der Waals surface area contributed by atoms with Crippen molar-refractivity contribution in [2.24, 2.45) is 11.5 Å². The molecule has 0 rings (SSSR count). The third-order valence-electron chi connectivity index (χ3n) is 3.59. The maximum absolute atomic E-state index is 5.57. The van der Waals surface area contributed by atoms with Crippen LogP contribution in [0.25, 0.3) is 0 Å². The van der Waals surface area contributed by atoms with Crippen LogP contribution < -0.4 is 11.5 Å². The first-order chi connectivity index (χ1) is 9.85. The molecule has 0 bridgehead atoms. The van der Waals surface area contributed by atoms with Crippen LogP contribution in [-0.4, -0.2) is 31.1 Å². The van der Waals surface area contributed by atoms with Crippen molar-refractivity contribution >= 4 is 0 Å². The van der Waals surface area contributed by atoms with Gasteiger partial charge in [-0.1, -0.05) is 51.5 Å². The maximum atomic E-state index is 5.57. The van der Waals surface area contributed by atoms with Gasteiger partial charge in [0, 0.05) is 13.1 Å². The van der Waals surface area contributed by atoms with Crippen molar-refractivity contribution in [2.75, 3.05) is 26.2 Å². The van der Waals surface area contributed by atoms with Gasteiger partial charge in [0.1, 0.15) is 0 Å². The van der Waals surface area contributed by atoms with Crippen LogP contribution in [0.4, 0.5) is 0 Å². The number of rotatable bonds is 15. The minimum atomic E-state index is 0.769. The van der Waals surface area contributed by atoms with Crippen molar-refractivity contribution in [1.82, 2.24) is 4.90 Å². The average Bonchev–Trinajstić information content (AvgIpc) is 2.47. The number of unbranched alkanes of at least 4 members (excludes halogenated alkanes) is 7. The summed E-state index contributed by atoms with van der Waals surface area (Å²) in [5.74, 6) is 0. The Balaban J connectivity index is 3.55. The summed E-state index contributed by atoms with van der Waals surface area (Å²) < 4.78 is 0. The molecular formula is C17H37N3. The Morgan fingerprint density at radius 1 is 0.750 bits per heavy atom. The van der Waals surface area contributed by atoms with Crippen molar-refractivity contribution in [3.05, 3.63) is 12.3 Å². The summed E-state index contributed by atoms with van der Waals surface area (Å²) in [4.78, 5) is 2.36. The van der Waals surface area contributed by atoms with E-state index in [-0.39, 0.29) is 0 Å². The van der Waals surface area contributed by atoms with E-state index >= 15 is 0 Å². The van der Waals surface area contributed by atoms with Crippen LogP contribution in [0.2, 0.25) is 0 Å². The monoisotopic (exact) mass is 283 g/mol. The van der Waals surface area contributed by atoms with Crippen molar-refractivity contribution in [1.29, 1.82) is 0 Å². The molecular weight excluding hydrogens is 246 g/mol. The van der Waals surface area contributed by atoms with Crippen LogP contribution in [0.3, 0.4) is 0 Å². The third kappa shape index (κ3) is 13.9. The van der Waals surface area contributed by atoms with Crippen LogP contribution >= 0.6 is 0 Å². The Hall–Kier alpha value is -0.540. The molecule has 0 saturated carbocycles. The standard InChI is InChI=1S/C17H37N3/c1-2-3-4-5-6-7-8-9-10-15-20(16-11-13-18)17-12-14-19/h10,15H,2-9,11-14,16-19H2,1H3. The summed E-state index contributed by atoms with van der Waals surface area (Å²) in [6, 6.07) is 0. The lowest BCUT2D eigenvalue weighted by Gasteiger charge is -2.19. The molecule has 0 unspecified atom stereocenters. The van der Waals surface area contributed by atoms with Crippen molar-refractivity contribution < 1.29 is 0 Å². The summed E-state index contributed by atoms with van der Waals surface area (Å²) in [5, 5.41) is 0. The first-order valence-corrected chi connectivity index (χ1v) is 8.66. The minimum absolute atomic E-state index is 0.769. The highest BCUT2D eigenvalue weighted by atomic mass is 15.1. The fourth-order valence-electron chi connectivity index (χ4n) is 2.29. The SMILES string of the molecule is CCCCCCCCCC=CN(CCCN)CCCN. The van der Waals surface area contributed by atoms with Gasteiger partial charge in [0.25, 0.3) is 0 Å². The molecule has 0 radical (unpaired) electrons. The van der Waals surface area contributed by atoms with E-state index in [2.05, 4.69) is 24.1 Å². The van der Waals surface area contributed by atoms with E-state index < -0.39 is 0 Å². The van der Waals surface area contributed by atoms with E-state index in [1.54, 1.807) is 0 Å². The molecule has 20 heavy (non-hydrogen) atoms. The molecule has 0 saturated heterocycles. The van der Waals surface area contributed by atoms with E-state index in [4.69, 9.17) is 11.5 Å². The molecule has 120 valence electrons. The van der Waals surface area contributed by atoms with Crippen LogP contribution in [0.1, 0.15) is 71.1 Å². The summed E-state index contributed by atoms with van der Waals surface area (Å²) in [6.45, 7) is 5.93. The van der Waals surface area contributed by atoms with Crippen LogP contribution in [0, 0.1) is 0 Å². The molecule has 3 heteroatoms. The molecule has 0 spiro atoms. The summed E-state index contributed by atoms with van der Waals surface area (Å²) >= 11 is 0. The third-order valence-corrected chi connectivity index (χ3v) is 3.59. The van der Waals surface area contributed by atoms with Crippen molar-refractivity contribution in [2.45, 2.75) is 71.1 Å². The number of allylic oxidation sites excluding steroid dienone is 1. The zero-order valence-corrected chi connectivity index (χ0v) is 13.7. The molecule has 3 nitrogen and oxygen atoms in total. The second-order valence-electron chi connectivity index (χ2n) is 5.62. The average molecular weight is 284 g/mol. The molecule has 0 amide bonds. The Morgan fingerprint density at radius 3 is 1.85 bits per heavy atom. The van der Waals surface area contributed by atoms with Gasteiger partial charge in [-0.15, -0.1) is 0 Å². The number of nitrogens with zero attached hydrogens (tertiary/aromatic N) is 1. The molecule has 0 aromatic rings. The molecule has 0 aromatic heterocycles. The molecule has 0 aliphatic carbocycles. The topological polar surface area (TPSA) is 55.3 Å². The van der Waals surface area contributed by atoms with Gasteiger partial charge in [-0.25, -0.2) is 0 Å². The van der Waals surface area contributed by atoms with Gasteiger partial charge in [-0.3, -0.25) is 0 Å². The predicted molar refractivity (Wildman–Crippen MR) is 90.7 cm³/mol. The Bertz CT molecular complexity index is 196. The van der Waals surface area contributed by atoms with E-state index in [1.807, 2.05) is 0 Å². The van der Waals surface area contributed by atoms with Gasteiger partial charge in [-0.2, -0.15) is 0 Å². The second-order valence-corrected chi connectivity index (χ2v) is 5.62. The fourth-order valence-corrected chi connectivity index (χ4v) is 2.29. The first kappa shape index (κ1) is 19.5. The van der Waals surface area contributed by atoms with Gasteiger partial charge in [0.2, 0.25) is 0 Å². The molecule has 4 N–H and O–H groups in total.